The van der Waals surface area contributed by atoms with Crippen LogP contribution in [0.4, 0.5) is 5.69 Å². The third-order valence-electron chi connectivity index (χ3n) is 3.37. The summed E-state index contributed by atoms with van der Waals surface area (Å²) in [4.78, 5) is 25.5. The number of carbonyl (C=O) groups is 2. The number of hydrogen-bond acceptors (Lipinski definition) is 5. The van der Waals surface area contributed by atoms with Gasteiger partial charge in [0, 0.05) is 12.2 Å². The van der Waals surface area contributed by atoms with Crippen molar-refractivity contribution in [3.8, 4) is 0 Å². The second-order valence-corrected chi connectivity index (χ2v) is 4.67. The van der Waals surface area contributed by atoms with Crippen LogP contribution in [-0.4, -0.2) is 49.7 Å². The summed E-state index contributed by atoms with van der Waals surface area (Å²) in [7, 11) is 1.30. The van der Waals surface area contributed by atoms with Crippen LogP contribution in [0.3, 0.4) is 0 Å². The summed E-state index contributed by atoms with van der Waals surface area (Å²) in [5.74, 6) is -0.664. The molecular weight excluding hydrogens is 260 g/mol. The van der Waals surface area contributed by atoms with Gasteiger partial charge in [-0.3, -0.25) is 4.79 Å². The molecule has 6 heteroatoms. The number of amides is 1. The number of rotatable bonds is 2. The molecule has 1 atom stereocenters. The maximum absolute atomic E-state index is 12.5. The minimum atomic E-state index is -0.733. The highest BCUT2D eigenvalue weighted by Gasteiger charge is 2.31. The molecule has 1 heterocycles. The molecule has 0 spiro atoms. The molecule has 0 aromatic heterocycles. The van der Waals surface area contributed by atoms with Crippen molar-refractivity contribution in [2.24, 2.45) is 0 Å². The van der Waals surface area contributed by atoms with Gasteiger partial charge in [0.25, 0.3) is 5.91 Å². The highest BCUT2D eigenvalue weighted by atomic mass is 16.6. The van der Waals surface area contributed by atoms with Gasteiger partial charge in [-0.25, -0.2) is 4.79 Å². The van der Waals surface area contributed by atoms with Gasteiger partial charge in [0.05, 0.1) is 25.8 Å². The lowest BCUT2D eigenvalue weighted by Gasteiger charge is -2.31. The fourth-order valence-electron chi connectivity index (χ4n) is 2.15. The first-order valence-electron chi connectivity index (χ1n) is 6.38. The number of benzene rings is 1. The van der Waals surface area contributed by atoms with Crippen LogP contribution in [0.25, 0.3) is 0 Å². The number of ether oxygens (including phenoxy) is 2. The summed E-state index contributed by atoms with van der Waals surface area (Å²) >= 11 is 0. The van der Waals surface area contributed by atoms with Crippen molar-refractivity contribution in [3.05, 3.63) is 29.3 Å². The van der Waals surface area contributed by atoms with Crippen LogP contribution in [0.1, 0.15) is 15.9 Å². The van der Waals surface area contributed by atoms with Crippen LogP contribution in [0.5, 0.6) is 0 Å². The van der Waals surface area contributed by atoms with E-state index in [1.165, 1.54) is 7.11 Å². The summed E-state index contributed by atoms with van der Waals surface area (Å²) in [5.41, 5.74) is 7.72. The minimum Gasteiger partial charge on any atom is -0.467 e. The molecule has 108 valence electrons. The van der Waals surface area contributed by atoms with Crippen molar-refractivity contribution in [2.45, 2.75) is 13.0 Å². The van der Waals surface area contributed by atoms with Crippen LogP contribution < -0.4 is 5.73 Å². The van der Waals surface area contributed by atoms with Crippen molar-refractivity contribution in [1.82, 2.24) is 4.90 Å². The van der Waals surface area contributed by atoms with Crippen molar-refractivity contribution in [2.75, 3.05) is 32.5 Å². The molecule has 1 aromatic carbocycles. The van der Waals surface area contributed by atoms with Crippen molar-refractivity contribution in [3.63, 3.8) is 0 Å². The molecule has 1 unspecified atom stereocenters. The van der Waals surface area contributed by atoms with Gasteiger partial charge >= 0.3 is 5.97 Å². The standard InChI is InChI=1S/C14H18N2O4/c1-9-4-3-5-10(12(9)15)13(17)16-6-7-20-11(8-16)14(18)19-2/h3-5,11H,6-8,15H2,1-2H3. The second kappa shape index (κ2) is 5.92. The summed E-state index contributed by atoms with van der Waals surface area (Å²) in [6.07, 6.45) is -0.733. The lowest BCUT2D eigenvalue weighted by atomic mass is 10.1. The first kappa shape index (κ1) is 14.3. The van der Waals surface area contributed by atoms with E-state index in [4.69, 9.17) is 10.5 Å². The zero-order chi connectivity index (χ0) is 14.7. The summed E-state index contributed by atoms with van der Waals surface area (Å²) in [6.45, 7) is 2.76. The van der Waals surface area contributed by atoms with E-state index in [0.717, 1.165) is 5.56 Å². The fourth-order valence-corrected chi connectivity index (χ4v) is 2.15. The quantitative estimate of drug-likeness (QED) is 0.632. The van der Waals surface area contributed by atoms with E-state index in [9.17, 15) is 9.59 Å². The zero-order valence-electron chi connectivity index (χ0n) is 11.6. The lowest BCUT2D eigenvalue weighted by molar-refractivity contribution is -0.158. The third-order valence-corrected chi connectivity index (χ3v) is 3.37. The number of para-hydroxylation sites is 1. The number of aryl methyl sites for hydroxylation is 1. The number of nitrogen functional groups attached to an aromatic ring is 1. The number of carbonyl (C=O) groups excluding carboxylic acids is 2. The fraction of sp³-hybridized carbons (Fsp3) is 0.429. The van der Waals surface area contributed by atoms with Gasteiger partial charge in [0.15, 0.2) is 6.10 Å². The molecule has 0 radical (unpaired) electrons. The summed E-state index contributed by atoms with van der Waals surface area (Å²) in [6, 6.07) is 5.33. The molecule has 1 saturated heterocycles. The Bertz CT molecular complexity index is 530. The largest absolute Gasteiger partial charge is 0.467 e. The Morgan fingerprint density at radius 1 is 1.45 bits per heavy atom. The average molecular weight is 278 g/mol. The number of nitrogens with two attached hydrogens (primary N) is 1. The molecule has 6 nitrogen and oxygen atoms in total. The number of methoxy groups -OCH3 is 1. The molecule has 1 amide bonds. The molecule has 1 fully saturated rings. The van der Waals surface area contributed by atoms with Crippen LogP contribution in [0.15, 0.2) is 18.2 Å². The van der Waals surface area contributed by atoms with E-state index >= 15 is 0 Å². The van der Waals surface area contributed by atoms with Gasteiger partial charge in [-0.15, -0.1) is 0 Å². The predicted octanol–water partition coefficient (Wildman–Crippen LogP) is 0.591. The third kappa shape index (κ3) is 2.75. The number of nitrogens with zero attached hydrogens (tertiary/aromatic N) is 1. The normalized spacial score (nSPS) is 18.7. The molecular formula is C14H18N2O4. The smallest absolute Gasteiger partial charge is 0.336 e. The Labute approximate surface area is 117 Å². The molecule has 2 N–H and O–H groups in total. The summed E-state index contributed by atoms with van der Waals surface area (Å²) < 4.78 is 9.94. The van der Waals surface area contributed by atoms with Crippen molar-refractivity contribution in [1.29, 1.82) is 0 Å². The van der Waals surface area contributed by atoms with Crippen LogP contribution in [0.2, 0.25) is 0 Å². The number of anilines is 1. The highest BCUT2D eigenvalue weighted by molar-refractivity contribution is 6.00. The van der Waals surface area contributed by atoms with Gasteiger partial charge in [-0.2, -0.15) is 0 Å². The van der Waals surface area contributed by atoms with E-state index in [1.807, 2.05) is 13.0 Å². The highest BCUT2D eigenvalue weighted by Crippen LogP contribution is 2.20. The van der Waals surface area contributed by atoms with Crippen LogP contribution >= 0.6 is 0 Å². The van der Waals surface area contributed by atoms with E-state index in [1.54, 1.807) is 17.0 Å². The molecule has 0 saturated carbocycles. The van der Waals surface area contributed by atoms with E-state index in [2.05, 4.69) is 4.74 Å². The van der Waals surface area contributed by atoms with E-state index in [-0.39, 0.29) is 12.5 Å². The monoisotopic (exact) mass is 278 g/mol. The minimum absolute atomic E-state index is 0.179. The van der Waals surface area contributed by atoms with Gasteiger partial charge in [0.1, 0.15) is 0 Å². The maximum atomic E-state index is 12.5. The Balaban J connectivity index is 2.16. The Morgan fingerprint density at radius 2 is 2.20 bits per heavy atom. The lowest BCUT2D eigenvalue weighted by Crippen LogP contribution is -2.49. The average Bonchev–Trinajstić information content (AvgIpc) is 2.48. The zero-order valence-corrected chi connectivity index (χ0v) is 11.6. The maximum Gasteiger partial charge on any atom is 0.336 e. The number of morpholine rings is 1. The van der Waals surface area contributed by atoms with Gasteiger partial charge in [0.2, 0.25) is 0 Å². The van der Waals surface area contributed by atoms with Gasteiger partial charge < -0.3 is 20.1 Å². The molecule has 1 aliphatic heterocycles. The molecule has 1 aliphatic rings. The molecule has 2 rings (SSSR count). The van der Waals surface area contributed by atoms with Crippen LogP contribution in [-0.2, 0) is 14.3 Å². The molecule has 0 bridgehead atoms. The number of esters is 1. The topological polar surface area (TPSA) is 81.9 Å². The van der Waals surface area contributed by atoms with Crippen molar-refractivity contribution < 1.29 is 19.1 Å². The first-order valence-corrected chi connectivity index (χ1v) is 6.38. The first-order chi connectivity index (χ1) is 9.54. The molecule has 1 aromatic rings. The van der Waals surface area contributed by atoms with Crippen molar-refractivity contribution >= 4 is 17.6 Å². The Hall–Kier alpha value is -2.08. The van der Waals surface area contributed by atoms with E-state index in [0.29, 0.717) is 24.4 Å². The molecule has 20 heavy (non-hydrogen) atoms. The van der Waals surface area contributed by atoms with E-state index < -0.39 is 12.1 Å². The SMILES string of the molecule is COC(=O)C1CN(C(=O)c2cccc(C)c2N)CCO1. The second-order valence-electron chi connectivity index (χ2n) is 4.67. The predicted molar refractivity (Wildman–Crippen MR) is 73.3 cm³/mol. The van der Waals surface area contributed by atoms with Gasteiger partial charge in [-0.1, -0.05) is 12.1 Å². The molecule has 0 aliphatic carbocycles. The summed E-state index contributed by atoms with van der Waals surface area (Å²) in [5, 5.41) is 0. The van der Waals surface area contributed by atoms with Crippen LogP contribution in [0, 0.1) is 6.92 Å². The van der Waals surface area contributed by atoms with Gasteiger partial charge in [-0.05, 0) is 18.6 Å². The number of hydrogen-bond donors (Lipinski definition) is 1. The Morgan fingerprint density at radius 3 is 2.90 bits per heavy atom. The Kier molecular flexibility index (Phi) is 4.24.